The Morgan fingerprint density at radius 2 is 2.00 bits per heavy atom. The van der Waals surface area contributed by atoms with E-state index < -0.39 is 0 Å². The molecule has 34 heavy (non-hydrogen) atoms. The van der Waals surface area contributed by atoms with Crippen LogP contribution in [0.15, 0.2) is 46.0 Å². The van der Waals surface area contributed by atoms with E-state index in [0.717, 1.165) is 27.1 Å². The fraction of sp³-hybridized carbons (Fsp3) is 0.333. The Kier molecular flexibility index (Phi) is 5.15. The number of hydrogen-bond acceptors (Lipinski definition) is 5. The topological polar surface area (TPSA) is 121 Å². The molecule has 0 bridgehead atoms. The first kappa shape index (κ1) is 21.7. The molecular weight excluding hydrogens is 432 g/mol. The minimum Gasteiger partial charge on any atom is -0.399 e. The molecule has 0 atom stereocenters. The van der Waals surface area contributed by atoms with E-state index in [1.807, 2.05) is 56.1 Å². The molecule has 4 aromatic rings. The van der Waals surface area contributed by atoms with Gasteiger partial charge in [0, 0.05) is 50.6 Å². The molecule has 0 saturated carbocycles. The van der Waals surface area contributed by atoms with Gasteiger partial charge in [-0.3, -0.25) is 18.6 Å². The molecule has 0 unspecified atom stereocenters. The summed E-state index contributed by atoms with van der Waals surface area (Å²) in [4.78, 5) is 34.2. The first-order valence-electron chi connectivity index (χ1n) is 11.3. The van der Waals surface area contributed by atoms with Crippen molar-refractivity contribution in [2.75, 3.05) is 0 Å². The number of H-pyrrole nitrogens is 1. The Balaban J connectivity index is 1.78. The zero-order valence-electron chi connectivity index (χ0n) is 19.7. The van der Waals surface area contributed by atoms with Crippen LogP contribution in [0.5, 0.6) is 0 Å². The number of nitrogens with one attached hydrogen (secondary N) is 1. The second kappa shape index (κ2) is 8.05. The van der Waals surface area contributed by atoms with Crippen LogP contribution in [0.1, 0.15) is 30.7 Å². The molecule has 10 heteroatoms. The zero-order chi connectivity index (χ0) is 24.1. The molecule has 0 amide bonds. The van der Waals surface area contributed by atoms with Gasteiger partial charge in [-0.15, -0.1) is 0 Å². The van der Waals surface area contributed by atoms with E-state index in [1.165, 1.54) is 7.05 Å². The number of aromatic nitrogens is 7. The summed E-state index contributed by atoms with van der Waals surface area (Å²) in [6.45, 7) is 4.92. The third-order valence-electron chi connectivity index (χ3n) is 6.23. The van der Waals surface area contributed by atoms with Crippen molar-refractivity contribution in [3.63, 3.8) is 0 Å². The van der Waals surface area contributed by atoms with Crippen LogP contribution < -0.4 is 17.0 Å². The van der Waals surface area contributed by atoms with Crippen LogP contribution in [-0.4, -0.2) is 33.4 Å². The van der Waals surface area contributed by atoms with Crippen LogP contribution in [0.2, 0.25) is 0 Å². The van der Waals surface area contributed by atoms with Crippen molar-refractivity contribution in [1.82, 2.24) is 33.4 Å². The average Bonchev–Trinajstić information content (AvgIpc) is 3.45. The first-order chi connectivity index (χ1) is 16.3. The molecule has 176 valence electrons. The second-order valence-corrected chi connectivity index (χ2v) is 9.17. The highest BCUT2D eigenvalue weighted by Gasteiger charge is 2.25. The zero-order valence-corrected chi connectivity index (χ0v) is 19.7. The third-order valence-corrected chi connectivity index (χ3v) is 6.23. The van der Waals surface area contributed by atoms with Gasteiger partial charge < -0.3 is 15.3 Å². The average molecular weight is 461 g/mol. The standard InChI is InChI=1S/C24H28N8O2/c1-14(2)12-31-21-19(23(33)30(4)24(31)34)20(22-26-9-10-29(22)3)32(28-21)13-15-11-27-18-8-6-16(25)5-7-17(15)18/h5-6,8-11,14,27H,7,12-13,25H2,1-4H3. The van der Waals surface area contributed by atoms with Crippen molar-refractivity contribution in [3.8, 4) is 11.5 Å². The second-order valence-electron chi connectivity index (χ2n) is 9.17. The maximum Gasteiger partial charge on any atom is 0.332 e. The summed E-state index contributed by atoms with van der Waals surface area (Å²) in [5.74, 6) is 0.810. The Morgan fingerprint density at radius 3 is 2.71 bits per heavy atom. The van der Waals surface area contributed by atoms with Gasteiger partial charge >= 0.3 is 5.69 Å². The van der Waals surface area contributed by atoms with Crippen molar-refractivity contribution < 1.29 is 0 Å². The number of imidazole rings is 1. The Morgan fingerprint density at radius 1 is 1.21 bits per heavy atom. The van der Waals surface area contributed by atoms with Gasteiger partial charge in [0.2, 0.25) is 0 Å². The number of nitrogens with zero attached hydrogens (tertiary/aromatic N) is 6. The Hall–Kier alpha value is -4.08. The summed E-state index contributed by atoms with van der Waals surface area (Å²) in [6.07, 6.45) is 12.0. The Labute approximate surface area is 195 Å². The molecule has 0 spiro atoms. The van der Waals surface area contributed by atoms with Crippen LogP contribution in [0.25, 0.3) is 28.6 Å². The molecular formula is C24H28N8O2. The first-order valence-corrected chi connectivity index (χ1v) is 11.3. The van der Waals surface area contributed by atoms with Gasteiger partial charge in [0.05, 0.1) is 6.54 Å². The van der Waals surface area contributed by atoms with E-state index in [1.54, 1.807) is 15.4 Å². The van der Waals surface area contributed by atoms with Crippen LogP contribution in [0.3, 0.4) is 0 Å². The number of hydrogen-bond donors (Lipinski definition) is 2. The summed E-state index contributed by atoms with van der Waals surface area (Å²) in [5.41, 5.74) is 10.1. The smallest absolute Gasteiger partial charge is 0.332 e. The van der Waals surface area contributed by atoms with E-state index in [9.17, 15) is 9.59 Å². The lowest BCUT2D eigenvalue weighted by atomic mass is 10.1. The number of rotatable bonds is 5. The largest absolute Gasteiger partial charge is 0.399 e. The van der Waals surface area contributed by atoms with Gasteiger partial charge in [0.15, 0.2) is 11.5 Å². The lowest BCUT2D eigenvalue weighted by Crippen LogP contribution is -2.38. The molecule has 1 aliphatic carbocycles. The molecule has 0 fully saturated rings. The van der Waals surface area contributed by atoms with Crippen LogP contribution in [0, 0.1) is 5.92 Å². The summed E-state index contributed by atoms with van der Waals surface area (Å²) in [5, 5.41) is 5.22. The Bertz CT molecular complexity index is 1590. The highest BCUT2D eigenvalue weighted by atomic mass is 16.2. The van der Waals surface area contributed by atoms with Gasteiger partial charge in [0.1, 0.15) is 11.1 Å². The van der Waals surface area contributed by atoms with Crippen LogP contribution in [-0.2, 0) is 33.6 Å². The summed E-state index contributed by atoms with van der Waals surface area (Å²) >= 11 is 0. The van der Waals surface area contributed by atoms with Crippen molar-refractivity contribution >= 4 is 17.1 Å². The fourth-order valence-electron chi connectivity index (χ4n) is 4.50. The third kappa shape index (κ3) is 3.42. The van der Waals surface area contributed by atoms with Crippen molar-refractivity contribution in [2.24, 2.45) is 25.7 Å². The van der Waals surface area contributed by atoms with Gasteiger partial charge in [-0.25, -0.2) is 9.78 Å². The van der Waals surface area contributed by atoms with Gasteiger partial charge in [-0.2, -0.15) is 5.10 Å². The van der Waals surface area contributed by atoms with Crippen LogP contribution >= 0.6 is 0 Å². The van der Waals surface area contributed by atoms with Crippen molar-refractivity contribution in [3.05, 3.63) is 74.1 Å². The number of aryl methyl sites for hydroxylation is 1. The molecule has 1 aliphatic rings. The number of fused-ring (bicyclic) bond motifs is 2. The number of aromatic amines is 1. The van der Waals surface area contributed by atoms with E-state index in [4.69, 9.17) is 10.8 Å². The lowest BCUT2D eigenvalue weighted by molar-refractivity contribution is 0.498. The van der Waals surface area contributed by atoms with E-state index >= 15 is 0 Å². The molecule has 0 saturated heterocycles. The number of allylic oxidation sites excluding steroid dienone is 2. The highest BCUT2D eigenvalue weighted by molar-refractivity contribution is 5.89. The summed E-state index contributed by atoms with van der Waals surface area (Å²) in [6, 6.07) is 0. The highest BCUT2D eigenvalue weighted by Crippen LogP contribution is 2.28. The quantitative estimate of drug-likeness (QED) is 0.470. The number of nitrogens with two attached hydrogens (primary N) is 1. The predicted molar refractivity (Wildman–Crippen MR) is 131 cm³/mol. The van der Waals surface area contributed by atoms with Crippen molar-refractivity contribution in [2.45, 2.75) is 33.4 Å². The fourth-order valence-corrected chi connectivity index (χ4v) is 4.50. The molecule has 0 aliphatic heterocycles. The van der Waals surface area contributed by atoms with Crippen LogP contribution in [0.4, 0.5) is 0 Å². The minimum absolute atomic E-state index is 0.199. The normalized spacial score (nSPS) is 13.5. The van der Waals surface area contributed by atoms with E-state index in [0.29, 0.717) is 42.1 Å². The molecule has 0 aromatic carbocycles. The predicted octanol–water partition coefficient (Wildman–Crippen LogP) is 1.74. The molecule has 3 N–H and O–H groups in total. The van der Waals surface area contributed by atoms with Gasteiger partial charge in [-0.05, 0) is 35.6 Å². The van der Waals surface area contributed by atoms with Crippen molar-refractivity contribution in [1.29, 1.82) is 0 Å². The molecule has 4 heterocycles. The maximum absolute atomic E-state index is 13.4. The SMILES string of the molecule is CC(C)Cn1c(=O)n(C)c(=O)c2c(-c3nccn3C)n(Cc3c[nH]c4c3CC=C(N)C=C4)nc21. The molecule has 0 radical (unpaired) electrons. The van der Waals surface area contributed by atoms with E-state index in [2.05, 4.69) is 9.97 Å². The van der Waals surface area contributed by atoms with E-state index in [-0.39, 0.29) is 17.2 Å². The minimum atomic E-state index is -0.379. The lowest BCUT2D eigenvalue weighted by Gasteiger charge is -2.11. The molecule has 10 nitrogen and oxygen atoms in total. The maximum atomic E-state index is 13.4. The summed E-state index contributed by atoms with van der Waals surface area (Å²) < 4.78 is 6.39. The van der Waals surface area contributed by atoms with Gasteiger partial charge in [0.25, 0.3) is 5.56 Å². The summed E-state index contributed by atoms with van der Waals surface area (Å²) in [7, 11) is 3.39. The molecule has 4 aromatic heterocycles. The monoisotopic (exact) mass is 460 g/mol. The molecule has 5 rings (SSSR count). The van der Waals surface area contributed by atoms with Gasteiger partial charge in [-0.1, -0.05) is 19.9 Å².